The summed E-state index contributed by atoms with van der Waals surface area (Å²) < 4.78 is 0. The molecule has 1 saturated heterocycles. The van der Waals surface area contributed by atoms with Crippen LogP contribution in [0.3, 0.4) is 0 Å². The third-order valence-electron chi connectivity index (χ3n) is 3.86. The van der Waals surface area contributed by atoms with Crippen molar-refractivity contribution in [2.75, 3.05) is 6.54 Å². The highest BCUT2D eigenvalue weighted by atomic mass is 35.5. The van der Waals surface area contributed by atoms with Crippen LogP contribution < -0.4 is 5.32 Å². The molecular formula is C15H17ClN2O2. The van der Waals surface area contributed by atoms with E-state index in [9.17, 15) is 9.59 Å². The molecule has 2 fully saturated rings. The molecule has 0 radical (unpaired) electrons. The number of benzene rings is 1. The first-order chi connectivity index (χ1) is 9.63. The monoisotopic (exact) mass is 292 g/mol. The topological polar surface area (TPSA) is 49.4 Å². The zero-order valence-corrected chi connectivity index (χ0v) is 11.9. The Labute approximate surface area is 123 Å². The second-order valence-electron chi connectivity index (χ2n) is 5.52. The molecule has 1 aromatic carbocycles. The highest BCUT2D eigenvalue weighted by molar-refractivity contribution is 6.30. The fourth-order valence-electron chi connectivity index (χ4n) is 2.61. The zero-order chi connectivity index (χ0) is 14.1. The van der Waals surface area contributed by atoms with Gasteiger partial charge in [-0.1, -0.05) is 23.7 Å². The van der Waals surface area contributed by atoms with Crippen LogP contribution in [0.1, 0.15) is 24.8 Å². The number of amides is 2. The van der Waals surface area contributed by atoms with Crippen LogP contribution in [0.2, 0.25) is 5.02 Å². The van der Waals surface area contributed by atoms with E-state index in [1.165, 1.54) is 0 Å². The molecule has 0 bridgehead atoms. The van der Waals surface area contributed by atoms with Crippen LogP contribution in [0.15, 0.2) is 24.3 Å². The molecule has 1 heterocycles. The van der Waals surface area contributed by atoms with Crippen LogP contribution in [-0.4, -0.2) is 29.3 Å². The summed E-state index contributed by atoms with van der Waals surface area (Å²) in [5, 5.41) is 3.53. The molecule has 1 atom stereocenters. The molecule has 4 nitrogen and oxygen atoms in total. The molecule has 2 aliphatic rings. The van der Waals surface area contributed by atoms with Crippen molar-refractivity contribution in [3.05, 3.63) is 34.9 Å². The molecule has 1 unspecified atom stereocenters. The van der Waals surface area contributed by atoms with E-state index in [4.69, 9.17) is 11.6 Å². The predicted molar refractivity (Wildman–Crippen MR) is 76.1 cm³/mol. The van der Waals surface area contributed by atoms with E-state index in [0.29, 0.717) is 30.5 Å². The summed E-state index contributed by atoms with van der Waals surface area (Å²) >= 11 is 5.97. The summed E-state index contributed by atoms with van der Waals surface area (Å²) in [6.45, 7) is 0.984. The van der Waals surface area contributed by atoms with Crippen LogP contribution in [0, 0.1) is 5.92 Å². The van der Waals surface area contributed by atoms with E-state index in [0.717, 1.165) is 18.4 Å². The van der Waals surface area contributed by atoms with Gasteiger partial charge in [-0.05, 0) is 36.5 Å². The number of hydrogen-bond acceptors (Lipinski definition) is 2. The summed E-state index contributed by atoms with van der Waals surface area (Å²) in [5.74, 6) is 0.341. The first kappa shape index (κ1) is 13.4. The van der Waals surface area contributed by atoms with Crippen LogP contribution in [0.25, 0.3) is 0 Å². The van der Waals surface area contributed by atoms with Crippen molar-refractivity contribution in [1.29, 1.82) is 0 Å². The van der Waals surface area contributed by atoms with Gasteiger partial charge in [0.2, 0.25) is 11.8 Å². The molecule has 5 heteroatoms. The lowest BCUT2D eigenvalue weighted by Crippen LogP contribution is -2.45. The smallest absolute Gasteiger partial charge is 0.245 e. The van der Waals surface area contributed by atoms with Crippen molar-refractivity contribution in [2.24, 2.45) is 5.92 Å². The lowest BCUT2D eigenvalue weighted by Gasteiger charge is -2.24. The summed E-state index contributed by atoms with van der Waals surface area (Å²) in [5.41, 5.74) is 0.995. The fourth-order valence-corrected chi connectivity index (χ4v) is 2.83. The van der Waals surface area contributed by atoms with Gasteiger partial charge in [-0.25, -0.2) is 0 Å². The molecule has 1 aliphatic carbocycles. The van der Waals surface area contributed by atoms with Crippen molar-refractivity contribution < 1.29 is 9.59 Å². The van der Waals surface area contributed by atoms with E-state index in [1.807, 2.05) is 24.3 Å². The van der Waals surface area contributed by atoms with Gasteiger partial charge in [0.1, 0.15) is 6.04 Å². The van der Waals surface area contributed by atoms with Gasteiger partial charge in [-0.15, -0.1) is 0 Å². The number of nitrogens with zero attached hydrogens (tertiary/aromatic N) is 1. The molecule has 1 aliphatic heterocycles. The number of rotatable bonds is 3. The van der Waals surface area contributed by atoms with Crippen LogP contribution in [-0.2, 0) is 16.1 Å². The van der Waals surface area contributed by atoms with E-state index >= 15 is 0 Å². The molecule has 1 N–H and O–H groups in total. The quantitative estimate of drug-likeness (QED) is 0.926. The van der Waals surface area contributed by atoms with Crippen LogP contribution in [0.5, 0.6) is 0 Å². The number of halogens is 1. The minimum Gasteiger partial charge on any atom is -0.344 e. The molecule has 20 heavy (non-hydrogen) atoms. The van der Waals surface area contributed by atoms with Gasteiger partial charge in [0.15, 0.2) is 0 Å². The minimum absolute atomic E-state index is 0.0242. The van der Waals surface area contributed by atoms with Crippen LogP contribution >= 0.6 is 11.6 Å². The summed E-state index contributed by atoms with van der Waals surface area (Å²) in [7, 11) is 0. The Morgan fingerprint density at radius 3 is 2.80 bits per heavy atom. The fraction of sp³-hybridized carbons (Fsp3) is 0.467. The normalized spacial score (nSPS) is 23.4. The molecule has 3 rings (SSSR count). The van der Waals surface area contributed by atoms with Crippen molar-refractivity contribution in [1.82, 2.24) is 10.2 Å². The first-order valence-corrected chi connectivity index (χ1v) is 7.34. The van der Waals surface area contributed by atoms with Crippen molar-refractivity contribution >= 4 is 23.4 Å². The maximum atomic E-state index is 12.5. The average Bonchev–Trinajstić information content (AvgIpc) is 3.24. The van der Waals surface area contributed by atoms with Crippen molar-refractivity contribution in [2.45, 2.75) is 31.8 Å². The van der Waals surface area contributed by atoms with E-state index in [2.05, 4.69) is 5.32 Å². The third-order valence-corrected chi connectivity index (χ3v) is 4.09. The number of hydrogen-bond donors (Lipinski definition) is 1. The van der Waals surface area contributed by atoms with Crippen molar-refractivity contribution in [3.63, 3.8) is 0 Å². The Hall–Kier alpha value is -1.55. The third kappa shape index (κ3) is 2.96. The van der Waals surface area contributed by atoms with Gasteiger partial charge in [-0.3, -0.25) is 9.59 Å². The van der Waals surface area contributed by atoms with Gasteiger partial charge >= 0.3 is 0 Å². The largest absolute Gasteiger partial charge is 0.344 e. The lowest BCUT2D eigenvalue weighted by atomic mass is 10.1. The maximum absolute atomic E-state index is 12.5. The van der Waals surface area contributed by atoms with E-state index < -0.39 is 0 Å². The molecule has 0 aromatic heterocycles. The molecule has 2 amide bonds. The maximum Gasteiger partial charge on any atom is 0.245 e. The zero-order valence-electron chi connectivity index (χ0n) is 11.1. The highest BCUT2D eigenvalue weighted by Gasteiger charge is 2.40. The Kier molecular flexibility index (Phi) is 3.66. The van der Waals surface area contributed by atoms with Gasteiger partial charge in [0, 0.05) is 24.5 Å². The Morgan fingerprint density at radius 2 is 2.10 bits per heavy atom. The summed E-state index contributed by atoms with van der Waals surface area (Å²) in [4.78, 5) is 26.0. The van der Waals surface area contributed by atoms with E-state index in [1.54, 1.807) is 4.90 Å². The van der Waals surface area contributed by atoms with E-state index in [-0.39, 0.29) is 17.9 Å². The highest BCUT2D eigenvalue weighted by Crippen LogP contribution is 2.34. The SMILES string of the molecule is O=C1CCN(Cc2cccc(Cl)c2)C(=O)C(C2CC2)N1. The number of carbonyl (C=O) groups is 2. The average molecular weight is 293 g/mol. The van der Waals surface area contributed by atoms with Gasteiger partial charge < -0.3 is 10.2 Å². The lowest BCUT2D eigenvalue weighted by molar-refractivity contribution is -0.134. The number of nitrogens with one attached hydrogen (secondary N) is 1. The molecule has 1 saturated carbocycles. The van der Waals surface area contributed by atoms with Crippen LogP contribution in [0.4, 0.5) is 0 Å². The Bertz CT molecular complexity index is 542. The summed E-state index contributed by atoms with van der Waals surface area (Å²) in [6.07, 6.45) is 2.43. The molecule has 106 valence electrons. The predicted octanol–water partition coefficient (Wildman–Crippen LogP) is 1.97. The standard InChI is InChI=1S/C15H17ClN2O2/c16-12-3-1-2-10(8-12)9-18-7-6-13(19)17-14(15(18)20)11-4-5-11/h1-3,8,11,14H,4-7,9H2,(H,17,19). The molecule has 1 aromatic rings. The van der Waals surface area contributed by atoms with Gasteiger partial charge in [0.25, 0.3) is 0 Å². The second kappa shape index (κ2) is 5.44. The van der Waals surface area contributed by atoms with Gasteiger partial charge in [-0.2, -0.15) is 0 Å². The van der Waals surface area contributed by atoms with Gasteiger partial charge in [0.05, 0.1) is 0 Å². The Morgan fingerprint density at radius 1 is 1.30 bits per heavy atom. The number of carbonyl (C=O) groups excluding carboxylic acids is 2. The Balaban J connectivity index is 1.76. The molecule has 0 spiro atoms. The van der Waals surface area contributed by atoms with Crippen molar-refractivity contribution in [3.8, 4) is 0 Å². The summed E-state index contributed by atoms with van der Waals surface area (Å²) in [6, 6.07) is 7.17. The minimum atomic E-state index is -0.329. The first-order valence-electron chi connectivity index (χ1n) is 6.96. The molecular weight excluding hydrogens is 276 g/mol. The second-order valence-corrected chi connectivity index (χ2v) is 5.96.